The summed E-state index contributed by atoms with van der Waals surface area (Å²) in [5.41, 5.74) is 0. The fourth-order valence-electron chi connectivity index (χ4n) is 1.33. The van der Waals surface area contributed by atoms with E-state index in [2.05, 4.69) is 17.0 Å². The Hall–Kier alpha value is -0.830. The third-order valence-electron chi connectivity index (χ3n) is 1.94. The molecular formula is C9H17N3. The van der Waals surface area contributed by atoms with Crippen molar-refractivity contribution in [1.82, 2.24) is 14.7 Å². The van der Waals surface area contributed by atoms with Crippen LogP contribution < -0.4 is 0 Å². The molecule has 1 aromatic rings. The van der Waals surface area contributed by atoms with Crippen LogP contribution >= 0.6 is 0 Å². The van der Waals surface area contributed by atoms with Gasteiger partial charge in [-0.1, -0.05) is 13.8 Å². The Morgan fingerprint density at radius 3 is 2.42 bits per heavy atom. The maximum absolute atomic E-state index is 4.16. The highest BCUT2D eigenvalue weighted by Gasteiger charge is 2.24. The van der Waals surface area contributed by atoms with Gasteiger partial charge in [0.15, 0.2) is 0 Å². The van der Waals surface area contributed by atoms with Crippen molar-refractivity contribution in [3.8, 4) is 0 Å². The van der Waals surface area contributed by atoms with E-state index in [4.69, 9.17) is 0 Å². The van der Waals surface area contributed by atoms with Gasteiger partial charge < -0.3 is 4.90 Å². The second kappa shape index (κ2) is 4.26. The van der Waals surface area contributed by atoms with Crippen LogP contribution in [0.5, 0.6) is 0 Å². The van der Waals surface area contributed by atoms with Crippen LogP contribution in [-0.2, 0) is 0 Å². The van der Waals surface area contributed by atoms with Gasteiger partial charge in [0.25, 0.3) is 0 Å². The van der Waals surface area contributed by atoms with Crippen molar-refractivity contribution < 1.29 is 0 Å². The second-order valence-corrected chi connectivity index (χ2v) is 2.86. The van der Waals surface area contributed by atoms with Crippen molar-refractivity contribution in [1.29, 1.82) is 0 Å². The van der Waals surface area contributed by atoms with Gasteiger partial charge in [-0.15, -0.1) is 0 Å². The van der Waals surface area contributed by atoms with Crippen LogP contribution in [0.1, 0.15) is 19.9 Å². The quantitative estimate of drug-likeness (QED) is 0.630. The molecule has 0 aliphatic carbocycles. The van der Waals surface area contributed by atoms with Crippen LogP contribution in [-0.4, -0.2) is 34.8 Å². The summed E-state index contributed by atoms with van der Waals surface area (Å²) in [4.78, 5) is 2.28. The molecule has 0 aromatic carbocycles. The lowest BCUT2D eigenvalue weighted by atomic mass is 10.1. The monoisotopic (exact) mass is 167 g/mol. The third-order valence-corrected chi connectivity index (χ3v) is 1.94. The van der Waals surface area contributed by atoms with Gasteiger partial charge in [-0.3, -0.25) is 4.68 Å². The molecule has 0 amide bonds. The molecule has 0 spiro atoms. The summed E-state index contributed by atoms with van der Waals surface area (Å²) < 4.78 is 2.03. The molecule has 1 fully saturated rings. The van der Waals surface area contributed by atoms with Gasteiger partial charge >= 0.3 is 0 Å². The average molecular weight is 167 g/mol. The maximum atomic E-state index is 4.16. The van der Waals surface area contributed by atoms with Crippen molar-refractivity contribution in [3.63, 3.8) is 0 Å². The van der Waals surface area contributed by atoms with Crippen molar-refractivity contribution in [2.24, 2.45) is 0 Å². The summed E-state index contributed by atoms with van der Waals surface area (Å²) >= 11 is 0. The molecule has 0 radical (unpaired) electrons. The predicted octanol–water partition coefficient (Wildman–Crippen LogP) is 1.40. The Morgan fingerprint density at radius 2 is 2.00 bits per heavy atom. The molecule has 1 aliphatic rings. The van der Waals surface area contributed by atoms with Crippen molar-refractivity contribution >= 4 is 0 Å². The van der Waals surface area contributed by atoms with Crippen molar-refractivity contribution in [3.05, 3.63) is 18.5 Å². The van der Waals surface area contributed by atoms with Crippen LogP contribution in [0.4, 0.5) is 0 Å². The molecule has 12 heavy (non-hydrogen) atoms. The Balaban J connectivity index is 0.000000336. The van der Waals surface area contributed by atoms with E-state index in [1.807, 2.05) is 37.0 Å². The number of likely N-dealkylation sites (tertiary alicyclic amines) is 1. The largest absolute Gasteiger partial charge is 0.302 e. The van der Waals surface area contributed by atoms with E-state index in [1.54, 1.807) is 0 Å². The van der Waals surface area contributed by atoms with Crippen LogP contribution in [0.2, 0.25) is 0 Å². The average Bonchev–Trinajstić information content (AvgIpc) is 2.55. The van der Waals surface area contributed by atoms with Gasteiger partial charge in [-0.05, 0) is 13.1 Å². The summed E-state index contributed by atoms with van der Waals surface area (Å²) in [5, 5.41) is 4.16. The fourth-order valence-corrected chi connectivity index (χ4v) is 1.33. The molecule has 2 heterocycles. The van der Waals surface area contributed by atoms with Gasteiger partial charge in [0, 0.05) is 25.5 Å². The maximum Gasteiger partial charge on any atom is 0.0772 e. The van der Waals surface area contributed by atoms with E-state index >= 15 is 0 Å². The van der Waals surface area contributed by atoms with Gasteiger partial charge in [0.2, 0.25) is 0 Å². The topological polar surface area (TPSA) is 21.1 Å². The van der Waals surface area contributed by atoms with Gasteiger partial charge in [0.05, 0.1) is 6.04 Å². The van der Waals surface area contributed by atoms with E-state index in [9.17, 15) is 0 Å². The molecule has 0 unspecified atom stereocenters. The lowest BCUT2D eigenvalue weighted by Crippen LogP contribution is -2.44. The molecular weight excluding hydrogens is 150 g/mol. The molecule has 3 heteroatoms. The Labute approximate surface area is 74.0 Å². The van der Waals surface area contributed by atoms with E-state index < -0.39 is 0 Å². The zero-order valence-electron chi connectivity index (χ0n) is 8.07. The third kappa shape index (κ3) is 1.85. The number of nitrogens with zero attached hydrogens (tertiary/aromatic N) is 3. The first-order valence-electron chi connectivity index (χ1n) is 4.54. The summed E-state index contributed by atoms with van der Waals surface area (Å²) in [5.74, 6) is 0. The first-order chi connectivity index (χ1) is 5.86. The van der Waals surface area contributed by atoms with E-state index in [0.717, 1.165) is 13.1 Å². The lowest BCUT2D eigenvalue weighted by Gasteiger charge is -2.35. The highest BCUT2D eigenvalue weighted by atomic mass is 15.4. The van der Waals surface area contributed by atoms with E-state index in [0.29, 0.717) is 6.04 Å². The van der Waals surface area contributed by atoms with Crippen LogP contribution in [0.25, 0.3) is 0 Å². The highest BCUT2D eigenvalue weighted by Crippen LogP contribution is 2.16. The molecule has 0 atom stereocenters. The SMILES string of the molecule is CC.CN1CC(n2cccn2)C1. The van der Waals surface area contributed by atoms with Crippen molar-refractivity contribution in [2.75, 3.05) is 20.1 Å². The molecule has 1 saturated heterocycles. The summed E-state index contributed by atoms with van der Waals surface area (Å²) in [7, 11) is 2.12. The van der Waals surface area contributed by atoms with Crippen LogP contribution in [0.15, 0.2) is 18.5 Å². The molecule has 1 aliphatic heterocycles. The standard InChI is InChI=1S/C7H11N3.C2H6/c1-9-5-7(6-9)10-4-2-3-8-10;1-2/h2-4,7H,5-6H2,1H3;1-2H3. The van der Waals surface area contributed by atoms with Crippen LogP contribution in [0.3, 0.4) is 0 Å². The number of hydrogen-bond donors (Lipinski definition) is 0. The first-order valence-corrected chi connectivity index (χ1v) is 4.54. The second-order valence-electron chi connectivity index (χ2n) is 2.86. The number of aromatic nitrogens is 2. The Kier molecular flexibility index (Phi) is 3.29. The number of rotatable bonds is 1. The minimum Gasteiger partial charge on any atom is -0.302 e. The van der Waals surface area contributed by atoms with E-state index in [1.165, 1.54) is 0 Å². The minimum absolute atomic E-state index is 0.625. The zero-order chi connectivity index (χ0) is 8.97. The van der Waals surface area contributed by atoms with Gasteiger partial charge in [0.1, 0.15) is 0 Å². The molecule has 68 valence electrons. The van der Waals surface area contributed by atoms with Gasteiger partial charge in [-0.25, -0.2) is 0 Å². The van der Waals surface area contributed by atoms with E-state index in [-0.39, 0.29) is 0 Å². The zero-order valence-corrected chi connectivity index (χ0v) is 8.07. The summed E-state index contributed by atoms with van der Waals surface area (Å²) in [6.07, 6.45) is 3.86. The molecule has 1 aromatic heterocycles. The first kappa shape index (κ1) is 9.26. The van der Waals surface area contributed by atoms with Gasteiger partial charge in [-0.2, -0.15) is 5.10 Å². The smallest absolute Gasteiger partial charge is 0.0772 e. The molecule has 3 nitrogen and oxygen atoms in total. The molecule has 0 N–H and O–H groups in total. The van der Waals surface area contributed by atoms with Crippen molar-refractivity contribution in [2.45, 2.75) is 19.9 Å². The predicted molar refractivity (Wildman–Crippen MR) is 50.1 cm³/mol. The van der Waals surface area contributed by atoms with Crippen LogP contribution in [0, 0.1) is 0 Å². The molecule has 2 rings (SSSR count). The normalized spacial score (nSPS) is 17.9. The minimum atomic E-state index is 0.625. The molecule has 0 bridgehead atoms. The Morgan fingerprint density at radius 1 is 1.33 bits per heavy atom. The number of hydrogen-bond acceptors (Lipinski definition) is 2. The molecule has 0 saturated carbocycles. The summed E-state index contributed by atoms with van der Waals surface area (Å²) in [6, 6.07) is 2.60. The lowest BCUT2D eigenvalue weighted by molar-refractivity contribution is 0.130. The highest BCUT2D eigenvalue weighted by molar-refractivity contribution is 4.87. The number of likely N-dealkylation sites (N-methyl/N-ethyl adjacent to an activating group) is 1. The summed E-state index contributed by atoms with van der Waals surface area (Å²) in [6.45, 7) is 6.28. The Bertz CT molecular complexity index is 200. The fraction of sp³-hybridized carbons (Fsp3) is 0.667.